The summed E-state index contributed by atoms with van der Waals surface area (Å²) >= 11 is 6.47. The summed E-state index contributed by atoms with van der Waals surface area (Å²) in [6.45, 7) is 0.465. The summed E-state index contributed by atoms with van der Waals surface area (Å²) < 4.78 is 11.1. The predicted molar refractivity (Wildman–Crippen MR) is 114 cm³/mol. The molecule has 148 valence electrons. The molecular formula is C23H16ClN3O3. The van der Waals surface area contributed by atoms with Crippen LogP contribution in [0.5, 0.6) is 5.75 Å². The van der Waals surface area contributed by atoms with E-state index in [1.807, 2.05) is 30.3 Å². The number of pyridine rings is 1. The summed E-state index contributed by atoms with van der Waals surface area (Å²) in [5.74, 6) is 0.906. The van der Waals surface area contributed by atoms with E-state index >= 15 is 0 Å². The van der Waals surface area contributed by atoms with Gasteiger partial charge in [0.2, 0.25) is 0 Å². The SMILES string of the molecule is O=C1OCC(c2ccc(OCc3nc4ccccc4[nH]3)c(Cl)c2)=C1c1ccncc1. The Kier molecular flexibility index (Phi) is 4.69. The fourth-order valence-electron chi connectivity index (χ4n) is 3.47. The Balaban J connectivity index is 1.40. The van der Waals surface area contributed by atoms with Crippen LogP contribution in [0.25, 0.3) is 22.2 Å². The number of ether oxygens (including phenoxy) is 2. The lowest BCUT2D eigenvalue weighted by Gasteiger charge is -2.10. The Labute approximate surface area is 177 Å². The van der Waals surface area contributed by atoms with E-state index in [2.05, 4.69) is 15.0 Å². The smallest absolute Gasteiger partial charge is 0.339 e. The zero-order valence-electron chi connectivity index (χ0n) is 15.8. The first-order chi connectivity index (χ1) is 14.7. The number of cyclic esters (lactones) is 1. The molecule has 0 saturated carbocycles. The number of para-hydroxylation sites is 2. The second kappa shape index (κ2) is 7.65. The maximum absolute atomic E-state index is 12.3. The van der Waals surface area contributed by atoms with Gasteiger partial charge in [0.1, 0.15) is 24.8 Å². The van der Waals surface area contributed by atoms with Crippen molar-refractivity contribution < 1.29 is 14.3 Å². The van der Waals surface area contributed by atoms with Crippen LogP contribution < -0.4 is 4.74 Å². The Morgan fingerprint density at radius 2 is 1.90 bits per heavy atom. The number of nitrogens with one attached hydrogen (secondary N) is 1. The molecule has 0 saturated heterocycles. The minimum absolute atomic E-state index is 0.200. The zero-order valence-corrected chi connectivity index (χ0v) is 16.5. The van der Waals surface area contributed by atoms with Gasteiger partial charge in [-0.3, -0.25) is 4.98 Å². The van der Waals surface area contributed by atoms with Crippen molar-refractivity contribution in [3.63, 3.8) is 0 Å². The number of benzene rings is 2. The lowest BCUT2D eigenvalue weighted by Crippen LogP contribution is -1.99. The zero-order chi connectivity index (χ0) is 20.5. The van der Waals surface area contributed by atoms with Crippen LogP contribution in [0.4, 0.5) is 0 Å². The van der Waals surface area contributed by atoms with Gasteiger partial charge in [-0.2, -0.15) is 0 Å². The highest BCUT2D eigenvalue weighted by atomic mass is 35.5. The molecule has 2 aromatic heterocycles. The molecule has 0 atom stereocenters. The summed E-state index contributed by atoms with van der Waals surface area (Å²) in [7, 11) is 0. The third-order valence-electron chi connectivity index (χ3n) is 4.91. The van der Waals surface area contributed by atoms with E-state index in [-0.39, 0.29) is 19.2 Å². The molecule has 0 aliphatic carbocycles. The highest BCUT2D eigenvalue weighted by Gasteiger charge is 2.27. The van der Waals surface area contributed by atoms with Crippen molar-refractivity contribution in [1.29, 1.82) is 0 Å². The lowest BCUT2D eigenvalue weighted by atomic mass is 9.97. The largest absolute Gasteiger partial charge is 0.484 e. The molecule has 30 heavy (non-hydrogen) atoms. The van der Waals surface area contributed by atoms with E-state index in [1.165, 1.54) is 0 Å². The normalized spacial score (nSPS) is 13.7. The minimum Gasteiger partial charge on any atom is -0.484 e. The number of esters is 1. The van der Waals surface area contributed by atoms with E-state index in [0.29, 0.717) is 22.2 Å². The monoisotopic (exact) mass is 417 g/mol. The molecule has 1 aliphatic heterocycles. The van der Waals surface area contributed by atoms with Gasteiger partial charge in [0.05, 0.1) is 21.6 Å². The number of hydrogen-bond donors (Lipinski definition) is 1. The maximum Gasteiger partial charge on any atom is 0.339 e. The number of rotatable bonds is 5. The molecule has 0 spiro atoms. The standard InChI is InChI=1S/C23H16ClN3O3/c24-17-11-15(16-12-30-23(28)22(16)14-7-9-25-10-8-14)5-6-20(17)29-13-21-26-18-3-1-2-4-19(18)27-21/h1-11H,12-13H2,(H,26,27). The third-order valence-corrected chi connectivity index (χ3v) is 5.20. The molecule has 3 heterocycles. The van der Waals surface area contributed by atoms with Crippen LogP contribution in [-0.4, -0.2) is 27.5 Å². The topological polar surface area (TPSA) is 77.1 Å². The van der Waals surface area contributed by atoms with E-state index < -0.39 is 0 Å². The second-order valence-electron chi connectivity index (χ2n) is 6.80. The molecular weight excluding hydrogens is 402 g/mol. The highest BCUT2D eigenvalue weighted by Crippen LogP contribution is 2.36. The van der Waals surface area contributed by atoms with Gasteiger partial charge in [0, 0.05) is 18.0 Å². The van der Waals surface area contributed by atoms with E-state index in [1.54, 1.807) is 36.7 Å². The highest BCUT2D eigenvalue weighted by molar-refractivity contribution is 6.32. The van der Waals surface area contributed by atoms with Crippen molar-refractivity contribution in [1.82, 2.24) is 15.0 Å². The molecule has 1 N–H and O–H groups in total. The van der Waals surface area contributed by atoms with Crippen LogP contribution in [0.15, 0.2) is 67.0 Å². The molecule has 2 aromatic carbocycles. The molecule has 4 aromatic rings. The van der Waals surface area contributed by atoms with Crippen molar-refractivity contribution in [2.24, 2.45) is 0 Å². The average molecular weight is 418 g/mol. The van der Waals surface area contributed by atoms with Crippen LogP contribution in [0.1, 0.15) is 17.0 Å². The van der Waals surface area contributed by atoms with Crippen molar-refractivity contribution in [3.05, 3.63) is 89.0 Å². The average Bonchev–Trinajstić information content (AvgIpc) is 3.36. The Morgan fingerprint density at radius 1 is 1.07 bits per heavy atom. The summed E-state index contributed by atoms with van der Waals surface area (Å²) in [6.07, 6.45) is 3.29. The maximum atomic E-state index is 12.3. The van der Waals surface area contributed by atoms with E-state index in [9.17, 15) is 4.79 Å². The number of carbonyl (C=O) groups excluding carboxylic acids is 1. The van der Waals surface area contributed by atoms with Gasteiger partial charge in [-0.15, -0.1) is 0 Å². The summed E-state index contributed by atoms with van der Waals surface area (Å²) in [4.78, 5) is 24.0. The Morgan fingerprint density at radius 3 is 2.70 bits per heavy atom. The van der Waals surface area contributed by atoms with Crippen molar-refractivity contribution >= 4 is 39.7 Å². The molecule has 0 bridgehead atoms. The van der Waals surface area contributed by atoms with Crippen molar-refractivity contribution in [2.75, 3.05) is 6.61 Å². The molecule has 0 unspecified atom stereocenters. The van der Waals surface area contributed by atoms with Gasteiger partial charge >= 0.3 is 5.97 Å². The number of aromatic nitrogens is 3. The molecule has 0 radical (unpaired) electrons. The van der Waals surface area contributed by atoms with Gasteiger partial charge in [0.15, 0.2) is 0 Å². The Bertz CT molecular complexity index is 1250. The van der Waals surface area contributed by atoms with Gasteiger partial charge < -0.3 is 14.5 Å². The number of aromatic amines is 1. The van der Waals surface area contributed by atoms with Crippen LogP contribution in [-0.2, 0) is 16.1 Å². The number of imidazole rings is 1. The summed E-state index contributed by atoms with van der Waals surface area (Å²) in [5.41, 5.74) is 4.75. The number of hydrogen-bond acceptors (Lipinski definition) is 5. The molecule has 5 rings (SSSR count). The molecule has 0 amide bonds. The van der Waals surface area contributed by atoms with E-state index in [0.717, 1.165) is 27.7 Å². The second-order valence-corrected chi connectivity index (χ2v) is 7.21. The first-order valence-corrected chi connectivity index (χ1v) is 9.74. The number of carbonyl (C=O) groups is 1. The van der Waals surface area contributed by atoms with E-state index in [4.69, 9.17) is 21.1 Å². The van der Waals surface area contributed by atoms with Gasteiger partial charge in [0.25, 0.3) is 0 Å². The summed E-state index contributed by atoms with van der Waals surface area (Å²) in [5, 5.41) is 0.449. The lowest BCUT2D eigenvalue weighted by molar-refractivity contribution is -0.133. The van der Waals surface area contributed by atoms with Gasteiger partial charge in [-0.25, -0.2) is 9.78 Å². The van der Waals surface area contributed by atoms with Gasteiger partial charge in [-0.05, 0) is 47.5 Å². The number of nitrogens with zero attached hydrogens (tertiary/aromatic N) is 2. The fraction of sp³-hybridized carbons (Fsp3) is 0.0870. The number of fused-ring (bicyclic) bond motifs is 1. The summed E-state index contributed by atoms with van der Waals surface area (Å²) in [6, 6.07) is 16.8. The Hall–Kier alpha value is -3.64. The number of halogens is 1. The first-order valence-electron chi connectivity index (χ1n) is 9.36. The molecule has 7 heteroatoms. The van der Waals surface area contributed by atoms with Crippen LogP contribution >= 0.6 is 11.6 Å². The first kappa shape index (κ1) is 18.4. The minimum atomic E-state index is -0.350. The predicted octanol–water partition coefficient (Wildman–Crippen LogP) is 4.66. The van der Waals surface area contributed by atoms with Crippen LogP contribution in [0, 0.1) is 0 Å². The number of H-pyrrole nitrogens is 1. The molecule has 6 nitrogen and oxygen atoms in total. The van der Waals surface area contributed by atoms with Gasteiger partial charge in [-0.1, -0.05) is 29.8 Å². The fourth-order valence-corrected chi connectivity index (χ4v) is 3.70. The van der Waals surface area contributed by atoms with Crippen molar-refractivity contribution in [3.8, 4) is 5.75 Å². The van der Waals surface area contributed by atoms with Crippen LogP contribution in [0.3, 0.4) is 0 Å². The quantitative estimate of drug-likeness (QED) is 0.478. The van der Waals surface area contributed by atoms with Crippen molar-refractivity contribution in [2.45, 2.75) is 6.61 Å². The van der Waals surface area contributed by atoms with Crippen LogP contribution in [0.2, 0.25) is 5.02 Å². The molecule has 1 aliphatic rings. The third kappa shape index (κ3) is 3.42. The molecule has 0 fully saturated rings.